The molecule has 1 rings (SSSR count). The number of nitrogens with one attached hydrogen (secondary N) is 1. The Morgan fingerprint density at radius 1 is 1.40 bits per heavy atom. The lowest BCUT2D eigenvalue weighted by atomic mass is 10.2. The average molecular weight is 337 g/mol. The molecule has 1 aromatic carbocycles. The second kappa shape index (κ2) is 11.3. The maximum absolute atomic E-state index is 11.5. The van der Waals surface area contributed by atoms with Crippen LogP contribution in [0.1, 0.15) is 19.8 Å². The molecule has 0 spiro atoms. The molecular formula is C14H22Cl2N2OS. The normalized spacial score (nSPS) is 11.6. The highest BCUT2D eigenvalue weighted by molar-refractivity contribution is 7.99. The summed E-state index contributed by atoms with van der Waals surface area (Å²) < 4.78 is 0. The molecule has 1 atom stereocenters. The van der Waals surface area contributed by atoms with Crippen LogP contribution in [-0.4, -0.2) is 24.7 Å². The predicted molar refractivity (Wildman–Crippen MR) is 89.9 cm³/mol. The first kappa shape index (κ1) is 19.6. The molecule has 0 saturated carbocycles. The SMILES string of the molecule is CC(CN)CNC(=O)CCCSc1ccc(Cl)cc1.Cl. The Labute approximate surface area is 136 Å². The summed E-state index contributed by atoms with van der Waals surface area (Å²) in [7, 11) is 0. The van der Waals surface area contributed by atoms with Crippen LogP contribution >= 0.6 is 35.8 Å². The van der Waals surface area contributed by atoms with Gasteiger partial charge in [-0.2, -0.15) is 0 Å². The standard InChI is InChI=1S/C14H21ClN2OS.ClH/c1-11(9-16)10-17-14(18)3-2-8-19-13-6-4-12(15)5-7-13;/h4-7,11H,2-3,8-10,16H2,1H3,(H,17,18);1H. The molecule has 20 heavy (non-hydrogen) atoms. The smallest absolute Gasteiger partial charge is 0.220 e. The van der Waals surface area contributed by atoms with Crippen LogP contribution in [0.2, 0.25) is 5.02 Å². The number of amides is 1. The van der Waals surface area contributed by atoms with Crippen molar-refractivity contribution in [1.29, 1.82) is 0 Å². The highest BCUT2D eigenvalue weighted by Gasteiger charge is 2.04. The largest absolute Gasteiger partial charge is 0.356 e. The minimum atomic E-state index is 0. The molecule has 0 aliphatic rings. The lowest BCUT2D eigenvalue weighted by Crippen LogP contribution is -2.31. The minimum Gasteiger partial charge on any atom is -0.356 e. The molecule has 3 nitrogen and oxygen atoms in total. The molecule has 3 N–H and O–H groups in total. The van der Waals surface area contributed by atoms with Crippen molar-refractivity contribution in [2.24, 2.45) is 11.7 Å². The third-order valence-corrected chi connectivity index (χ3v) is 4.03. The van der Waals surface area contributed by atoms with Crippen LogP contribution in [-0.2, 0) is 4.79 Å². The lowest BCUT2D eigenvalue weighted by Gasteiger charge is -2.09. The lowest BCUT2D eigenvalue weighted by molar-refractivity contribution is -0.121. The van der Waals surface area contributed by atoms with Crippen molar-refractivity contribution in [2.75, 3.05) is 18.8 Å². The van der Waals surface area contributed by atoms with E-state index in [0.29, 0.717) is 25.4 Å². The van der Waals surface area contributed by atoms with Gasteiger partial charge in [0.15, 0.2) is 0 Å². The van der Waals surface area contributed by atoms with Crippen molar-refractivity contribution in [3.8, 4) is 0 Å². The first-order valence-electron chi connectivity index (χ1n) is 6.47. The molecule has 0 aromatic heterocycles. The van der Waals surface area contributed by atoms with Gasteiger partial charge in [0.05, 0.1) is 0 Å². The molecule has 6 heteroatoms. The number of benzene rings is 1. The molecule has 1 unspecified atom stereocenters. The van der Waals surface area contributed by atoms with Gasteiger partial charge >= 0.3 is 0 Å². The molecule has 0 saturated heterocycles. The Bertz CT molecular complexity index is 387. The Morgan fingerprint density at radius 2 is 2.05 bits per heavy atom. The Morgan fingerprint density at radius 3 is 2.65 bits per heavy atom. The van der Waals surface area contributed by atoms with Crippen LogP contribution in [0, 0.1) is 5.92 Å². The van der Waals surface area contributed by atoms with Crippen molar-refractivity contribution >= 4 is 41.7 Å². The van der Waals surface area contributed by atoms with Crippen LogP contribution in [0.25, 0.3) is 0 Å². The summed E-state index contributed by atoms with van der Waals surface area (Å²) in [4.78, 5) is 12.7. The van der Waals surface area contributed by atoms with E-state index in [0.717, 1.165) is 17.2 Å². The van der Waals surface area contributed by atoms with Gasteiger partial charge in [0.25, 0.3) is 0 Å². The molecule has 114 valence electrons. The maximum Gasteiger partial charge on any atom is 0.220 e. The zero-order valence-electron chi connectivity index (χ0n) is 11.6. The number of rotatable bonds is 8. The van der Waals surface area contributed by atoms with E-state index in [4.69, 9.17) is 17.3 Å². The number of thioether (sulfide) groups is 1. The number of carbonyl (C=O) groups is 1. The summed E-state index contributed by atoms with van der Waals surface area (Å²) in [5.41, 5.74) is 5.49. The van der Waals surface area contributed by atoms with Gasteiger partial charge in [0.1, 0.15) is 0 Å². The fraction of sp³-hybridized carbons (Fsp3) is 0.500. The quantitative estimate of drug-likeness (QED) is 0.565. The maximum atomic E-state index is 11.5. The summed E-state index contributed by atoms with van der Waals surface area (Å²) >= 11 is 7.56. The van der Waals surface area contributed by atoms with Gasteiger partial charge in [-0.05, 0) is 48.9 Å². The van der Waals surface area contributed by atoms with E-state index in [1.165, 1.54) is 4.90 Å². The fourth-order valence-electron chi connectivity index (χ4n) is 1.41. The van der Waals surface area contributed by atoms with Crippen molar-refractivity contribution in [2.45, 2.75) is 24.7 Å². The third kappa shape index (κ3) is 8.69. The van der Waals surface area contributed by atoms with Crippen LogP contribution in [0.4, 0.5) is 0 Å². The van der Waals surface area contributed by atoms with E-state index in [1.54, 1.807) is 11.8 Å². The van der Waals surface area contributed by atoms with Gasteiger partial charge in [-0.25, -0.2) is 0 Å². The van der Waals surface area contributed by atoms with Crippen molar-refractivity contribution in [3.63, 3.8) is 0 Å². The van der Waals surface area contributed by atoms with Gasteiger partial charge in [-0.3, -0.25) is 4.79 Å². The Hall–Kier alpha value is -0.420. The van der Waals surface area contributed by atoms with E-state index >= 15 is 0 Å². The van der Waals surface area contributed by atoms with Gasteiger partial charge in [0, 0.05) is 22.9 Å². The summed E-state index contributed by atoms with van der Waals surface area (Å²) in [6.07, 6.45) is 1.44. The first-order chi connectivity index (χ1) is 9.11. The summed E-state index contributed by atoms with van der Waals surface area (Å²) in [5, 5.41) is 3.64. The van der Waals surface area contributed by atoms with Gasteiger partial charge in [-0.1, -0.05) is 18.5 Å². The van der Waals surface area contributed by atoms with E-state index in [1.807, 2.05) is 31.2 Å². The van der Waals surface area contributed by atoms with E-state index in [2.05, 4.69) is 5.32 Å². The number of nitrogens with two attached hydrogens (primary N) is 1. The average Bonchev–Trinajstić information content (AvgIpc) is 2.42. The van der Waals surface area contributed by atoms with Crippen LogP contribution in [0.5, 0.6) is 0 Å². The van der Waals surface area contributed by atoms with E-state index in [-0.39, 0.29) is 18.3 Å². The first-order valence-corrected chi connectivity index (χ1v) is 7.83. The Kier molecular flexibility index (Phi) is 11.0. The van der Waals surface area contributed by atoms with Gasteiger partial charge in [0.2, 0.25) is 5.91 Å². The Balaban J connectivity index is 0.00000361. The van der Waals surface area contributed by atoms with Crippen molar-refractivity contribution < 1.29 is 4.79 Å². The van der Waals surface area contributed by atoms with Crippen molar-refractivity contribution in [1.82, 2.24) is 5.32 Å². The van der Waals surface area contributed by atoms with Gasteiger partial charge in [-0.15, -0.1) is 24.2 Å². The molecule has 1 aromatic rings. The number of hydrogen-bond acceptors (Lipinski definition) is 3. The topological polar surface area (TPSA) is 55.1 Å². The molecule has 0 aliphatic carbocycles. The zero-order chi connectivity index (χ0) is 14.1. The summed E-state index contributed by atoms with van der Waals surface area (Å²) in [6.45, 7) is 3.29. The van der Waals surface area contributed by atoms with E-state index < -0.39 is 0 Å². The van der Waals surface area contributed by atoms with Crippen LogP contribution in [0.3, 0.4) is 0 Å². The molecule has 1 amide bonds. The summed E-state index contributed by atoms with van der Waals surface area (Å²) in [5.74, 6) is 1.38. The van der Waals surface area contributed by atoms with Crippen molar-refractivity contribution in [3.05, 3.63) is 29.3 Å². The second-order valence-electron chi connectivity index (χ2n) is 4.55. The fourth-order valence-corrected chi connectivity index (χ4v) is 2.39. The van der Waals surface area contributed by atoms with Crippen LogP contribution < -0.4 is 11.1 Å². The molecule has 0 heterocycles. The monoisotopic (exact) mass is 336 g/mol. The minimum absolute atomic E-state index is 0. The highest BCUT2D eigenvalue weighted by Crippen LogP contribution is 2.21. The number of halogens is 2. The molecular weight excluding hydrogens is 315 g/mol. The summed E-state index contributed by atoms with van der Waals surface area (Å²) in [6, 6.07) is 7.75. The van der Waals surface area contributed by atoms with Crippen LogP contribution in [0.15, 0.2) is 29.2 Å². The predicted octanol–water partition coefficient (Wildman–Crippen LogP) is 3.35. The second-order valence-corrected chi connectivity index (χ2v) is 6.16. The van der Waals surface area contributed by atoms with E-state index in [9.17, 15) is 4.79 Å². The highest BCUT2D eigenvalue weighted by atomic mass is 35.5. The van der Waals surface area contributed by atoms with Gasteiger partial charge < -0.3 is 11.1 Å². The zero-order valence-corrected chi connectivity index (χ0v) is 14.0. The molecule has 0 radical (unpaired) electrons. The number of hydrogen-bond donors (Lipinski definition) is 2. The molecule has 0 fully saturated rings. The third-order valence-electron chi connectivity index (χ3n) is 2.68. The molecule has 0 bridgehead atoms. The number of carbonyl (C=O) groups excluding carboxylic acids is 1. The molecule has 0 aliphatic heterocycles.